The molecule has 2 heterocycles. The Morgan fingerprint density at radius 1 is 0.970 bits per heavy atom. The molecule has 2 amide bonds. The number of hydrogen-bond acceptors (Lipinski definition) is 4. The van der Waals surface area contributed by atoms with Crippen LogP contribution in [0.2, 0.25) is 0 Å². The van der Waals surface area contributed by atoms with E-state index in [1.807, 2.05) is 7.85 Å². The summed E-state index contributed by atoms with van der Waals surface area (Å²) in [7, 11) is 1.85. The summed E-state index contributed by atoms with van der Waals surface area (Å²) in [6, 6.07) is 10.6. The summed E-state index contributed by atoms with van der Waals surface area (Å²) in [5.74, 6) is -2.49. The van der Waals surface area contributed by atoms with Crippen molar-refractivity contribution in [1.29, 1.82) is 5.41 Å². The minimum absolute atomic E-state index is 0.0165. The Balaban J connectivity index is 1.53. The Labute approximate surface area is 189 Å². The molecular formula is C23H20BF2N5O2. The zero-order chi connectivity index (χ0) is 23.5. The molecule has 3 N–H and O–H groups in total. The summed E-state index contributed by atoms with van der Waals surface area (Å²) in [5, 5.41) is 13.1. The van der Waals surface area contributed by atoms with Gasteiger partial charge in [0.2, 0.25) is 0 Å². The van der Waals surface area contributed by atoms with Crippen molar-refractivity contribution < 1.29 is 18.4 Å². The van der Waals surface area contributed by atoms with Crippen molar-refractivity contribution in [2.24, 2.45) is 0 Å². The molecule has 1 aliphatic heterocycles. The molecule has 1 aliphatic rings. The number of halogens is 2. The average molecular weight is 447 g/mol. The summed E-state index contributed by atoms with van der Waals surface area (Å²) >= 11 is 0. The van der Waals surface area contributed by atoms with Gasteiger partial charge in [0.25, 0.3) is 11.8 Å². The second-order valence-corrected chi connectivity index (χ2v) is 7.70. The van der Waals surface area contributed by atoms with E-state index in [-0.39, 0.29) is 28.5 Å². The van der Waals surface area contributed by atoms with E-state index in [0.717, 1.165) is 43.2 Å². The van der Waals surface area contributed by atoms with Crippen molar-refractivity contribution in [3.05, 3.63) is 83.1 Å². The van der Waals surface area contributed by atoms with Gasteiger partial charge in [0.15, 0.2) is 0 Å². The van der Waals surface area contributed by atoms with Crippen LogP contribution < -0.4 is 16.1 Å². The van der Waals surface area contributed by atoms with E-state index in [1.54, 1.807) is 23.2 Å². The molecule has 1 fully saturated rings. The fourth-order valence-corrected chi connectivity index (χ4v) is 3.30. The number of aromatic nitrogens is 1. The third-order valence-electron chi connectivity index (χ3n) is 5.29. The highest BCUT2D eigenvalue weighted by Gasteiger charge is 2.22. The number of anilines is 2. The van der Waals surface area contributed by atoms with Crippen LogP contribution in [0.1, 0.15) is 32.7 Å². The standard InChI is InChI=1S/C23H20BF2N5O2/c24-14-3-7-20(28-12-14)30-23(33)17-11-15(25)4-6-19(17)29-22(32)16-5-2-13(10-18(16)26)21(27)31-8-1-9-31/h2-7,10-12,27H,1,8-9,24H2,(H,29,32)(H,28,30,33). The molecule has 10 heteroatoms. The highest BCUT2D eigenvalue weighted by molar-refractivity contribution is 6.32. The van der Waals surface area contributed by atoms with Gasteiger partial charge in [-0.25, -0.2) is 13.8 Å². The normalized spacial score (nSPS) is 12.6. The van der Waals surface area contributed by atoms with E-state index in [9.17, 15) is 18.4 Å². The Morgan fingerprint density at radius 2 is 1.73 bits per heavy atom. The molecular weight excluding hydrogens is 427 g/mol. The number of nitrogens with one attached hydrogen (secondary N) is 3. The van der Waals surface area contributed by atoms with Crippen LogP contribution in [0.3, 0.4) is 0 Å². The van der Waals surface area contributed by atoms with Gasteiger partial charge in [0, 0.05) is 24.8 Å². The number of carbonyl (C=O) groups excluding carboxylic acids is 2. The molecule has 1 aromatic heterocycles. The van der Waals surface area contributed by atoms with Gasteiger partial charge in [-0.1, -0.05) is 17.6 Å². The molecule has 4 rings (SSSR count). The number of amides is 2. The Bertz CT molecular complexity index is 1250. The fraction of sp³-hybridized carbons (Fsp3) is 0.130. The van der Waals surface area contributed by atoms with E-state index in [1.165, 1.54) is 18.2 Å². The van der Waals surface area contributed by atoms with Crippen LogP contribution in [0, 0.1) is 17.0 Å². The summed E-state index contributed by atoms with van der Waals surface area (Å²) in [5.41, 5.74) is 0.895. The summed E-state index contributed by atoms with van der Waals surface area (Å²) in [6.07, 6.45) is 2.55. The van der Waals surface area contributed by atoms with Crippen molar-refractivity contribution in [3.63, 3.8) is 0 Å². The predicted molar refractivity (Wildman–Crippen MR) is 124 cm³/mol. The molecule has 3 aromatic rings. The van der Waals surface area contributed by atoms with Gasteiger partial charge in [0.1, 0.15) is 31.1 Å². The number of likely N-dealkylation sites (tertiary alicyclic amines) is 1. The van der Waals surface area contributed by atoms with Crippen LogP contribution in [-0.2, 0) is 0 Å². The molecule has 0 radical (unpaired) electrons. The van der Waals surface area contributed by atoms with Gasteiger partial charge in [0.05, 0.1) is 16.8 Å². The number of benzene rings is 2. The highest BCUT2D eigenvalue weighted by Crippen LogP contribution is 2.21. The summed E-state index contributed by atoms with van der Waals surface area (Å²) < 4.78 is 28.5. The van der Waals surface area contributed by atoms with Crippen LogP contribution >= 0.6 is 0 Å². The Hall–Kier alpha value is -4.08. The minimum atomic E-state index is -0.802. The molecule has 0 spiro atoms. The zero-order valence-corrected chi connectivity index (χ0v) is 17.8. The maximum Gasteiger partial charge on any atom is 0.259 e. The smallest absolute Gasteiger partial charge is 0.259 e. The topological polar surface area (TPSA) is 98.2 Å². The van der Waals surface area contributed by atoms with Crippen molar-refractivity contribution in [2.75, 3.05) is 23.7 Å². The molecule has 0 aliphatic carbocycles. The van der Waals surface area contributed by atoms with E-state index in [0.29, 0.717) is 5.56 Å². The molecule has 0 saturated carbocycles. The second-order valence-electron chi connectivity index (χ2n) is 7.70. The lowest BCUT2D eigenvalue weighted by molar-refractivity contribution is 0.102. The average Bonchev–Trinajstić information content (AvgIpc) is 2.75. The molecule has 0 atom stereocenters. The third kappa shape index (κ3) is 4.89. The molecule has 7 nitrogen and oxygen atoms in total. The number of pyridine rings is 1. The molecule has 33 heavy (non-hydrogen) atoms. The first-order valence-corrected chi connectivity index (χ1v) is 10.3. The third-order valence-corrected chi connectivity index (χ3v) is 5.29. The number of nitrogens with zero attached hydrogens (tertiary/aromatic N) is 2. The van der Waals surface area contributed by atoms with Crippen molar-refractivity contribution >= 4 is 42.5 Å². The molecule has 166 valence electrons. The van der Waals surface area contributed by atoms with Crippen LogP contribution in [0.25, 0.3) is 0 Å². The Kier molecular flexibility index (Phi) is 6.17. The lowest BCUT2D eigenvalue weighted by atomic mass is 9.99. The van der Waals surface area contributed by atoms with Gasteiger partial charge in [-0.3, -0.25) is 15.0 Å². The van der Waals surface area contributed by atoms with Gasteiger partial charge in [-0.15, -0.1) is 0 Å². The summed E-state index contributed by atoms with van der Waals surface area (Å²) in [4.78, 5) is 31.3. The fourth-order valence-electron chi connectivity index (χ4n) is 3.30. The Morgan fingerprint density at radius 3 is 2.36 bits per heavy atom. The first-order valence-electron chi connectivity index (χ1n) is 10.3. The van der Waals surface area contributed by atoms with E-state index < -0.39 is 23.4 Å². The van der Waals surface area contributed by atoms with Crippen LogP contribution in [0.4, 0.5) is 20.3 Å². The van der Waals surface area contributed by atoms with Gasteiger partial charge < -0.3 is 15.5 Å². The van der Waals surface area contributed by atoms with Gasteiger partial charge in [-0.2, -0.15) is 0 Å². The van der Waals surface area contributed by atoms with Crippen molar-refractivity contribution in [2.45, 2.75) is 6.42 Å². The van der Waals surface area contributed by atoms with Crippen LogP contribution in [0.15, 0.2) is 54.7 Å². The van der Waals surface area contributed by atoms with Crippen molar-refractivity contribution in [3.8, 4) is 0 Å². The molecule has 1 saturated heterocycles. The number of carbonyl (C=O) groups is 2. The first-order chi connectivity index (χ1) is 15.8. The second kappa shape index (κ2) is 9.19. The SMILES string of the molecule is Bc1ccc(NC(=O)c2cc(F)ccc2NC(=O)c2ccc(C(=N)N3CCC3)cc2F)nc1. The van der Waals surface area contributed by atoms with Gasteiger partial charge >= 0.3 is 0 Å². The van der Waals surface area contributed by atoms with Crippen molar-refractivity contribution in [1.82, 2.24) is 9.88 Å². The van der Waals surface area contributed by atoms with Crippen LogP contribution in [-0.4, -0.2) is 48.5 Å². The van der Waals surface area contributed by atoms with Crippen LogP contribution in [0.5, 0.6) is 0 Å². The van der Waals surface area contributed by atoms with E-state index in [2.05, 4.69) is 15.6 Å². The van der Waals surface area contributed by atoms with Gasteiger partial charge in [-0.05, 0) is 42.8 Å². The quantitative estimate of drug-likeness (QED) is 0.317. The number of rotatable bonds is 5. The highest BCUT2D eigenvalue weighted by atomic mass is 19.1. The zero-order valence-electron chi connectivity index (χ0n) is 17.8. The number of amidine groups is 1. The lowest BCUT2D eigenvalue weighted by Crippen LogP contribution is -2.42. The maximum atomic E-state index is 14.7. The lowest BCUT2D eigenvalue weighted by Gasteiger charge is -2.33. The monoisotopic (exact) mass is 447 g/mol. The molecule has 2 aromatic carbocycles. The first kappa shape index (κ1) is 22.1. The summed E-state index contributed by atoms with van der Waals surface area (Å²) in [6.45, 7) is 1.49. The molecule has 0 unspecified atom stereocenters. The molecule has 0 bridgehead atoms. The maximum absolute atomic E-state index is 14.7. The minimum Gasteiger partial charge on any atom is -0.356 e. The largest absolute Gasteiger partial charge is 0.356 e. The predicted octanol–water partition coefficient (Wildman–Crippen LogP) is 2.15. The van der Waals surface area contributed by atoms with E-state index in [4.69, 9.17) is 5.41 Å². The van der Waals surface area contributed by atoms with E-state index >= 15 is 0 Å². The number of hydrogen-bond donors (Lipinski definition) is 3.